The first-order valence-corrected chi connectivity index (χ1v) is 19.4. The van der Waals surface area contributed by atoms with Crippen LogP contribution in [-0.2, 0) is 30.8 Å². The van der Waals surface area contributed by atoms with E-state index in [1.807, 2.05) is 6.08 Å². The number of allylic oxidation sites excluding steroid dienone is 2. The number of halogens is 5. The first kappa shape index (κ1) is 38.5. The molecule has 4 aromatic carbocycles. The number of nitrogens with one attached hydrogen (secondary N) is 1. The standard InChI is InChI=1S/C44H31Cl2F3N4O6/c1-21(54)22-6-12-26(13-7-22)52-39(56)31-15-14-30-32(36(31)41(52)58)19-33-40(57)53(51-38-34(46)18-24(20-50-38)44(47,48)49)42(59)43(33,23-8-10-25(45)11-9-23)37(30)29-16-17-35(55)28-5-3-2-4-27(28)29/h2-14,16-18,20,31-33,36-37,55H,15,19H2,1H3,(H,50,51). The van der Waals surface area contributed by atoms with Gasteiger partial charge in [0.25, 0.3) is 11.8 Å². The highest BCUT2D eigenvalue weighted by atomic mass is 35.5. The minimum absolute atomic E-state index is 0.0328. The summed E-state index contributed by atoms with van der Waals surface area (Å²) in [5.41, 5.74) is 2.01. The first-order valence-electron chi connectivity index (χ1n) is 18.7. The summed E-state index contributed by atoms with van der Waals surface area (Å²) in [4.78, 5) is 76.4. The Kier molecular flexibility index (Phi) is 8.98. The van der Waals surface area contributed by atoms with Crippen LogP contribution < -0.4 is 10.3 Å². The predicted molar refractivity (Wildman–Crippen MR) is 211 cm³/mol. The van der Waals surface area contributed by atoms with Crippen molar-refractivity contribution >= 4 is 74.9 Å². The summed E-state index contributed by atoms with van der Waals surface area (Å²) in [5, 5.41) is 12.6. The average molecular weight is 840 g/mol. The normalized spacial score (nSPS) is 25.2. The Balaban J connectivity index is 1.24. The molecule has 1 aromatic heterocycles. The molecule has 0 radical (unpaired) electrons. The SMILES string of the molecule is CC(=O)c1ccc(N2C(=O)C3CC=C4C(CC5C(=O)N(Nc6ncc(C(F)(F)F)cc6Cl)C(=O)C5(c5ccc(Cl)cc5)C4c4ccc(O)c5ccccc45)C3C2=O)cc1. The number of Topliss-reactive ketones (excluding diaryl/α,β-unsaturated/α-hetero) is 1. The van der Waals surface area contributed by atoms with Crippen molar-refractivity contribution in [2.75, 3.05) is 10.3 Å². The third-order valence-corrected chi connectivity index (χ3v) is 12.9. The molecule has 2 N–H and O–H groups in total. The van der Waals surface area contributed by atoms with Crippen LogP contribution in [0, 0.1) is 23.7 Å². The van der Waals surface area contributed by atoms with Gasteiger partial charge in [0, 0.05) is 28.1 Å². The summed E-state index contributed by atoms with van der Waals surface area (Å²) in [5.74, 6) is -7.77. The predicted octanol–water partition coefficient (Wildman–Crippen LogP) is 8.66. The maximum atomic E-state index is 15.5. The molecule has 4 aliphatic rings. The molecule has 2 aliphatic carbocycles. The molecule has 0 bridgehead atoms. The van der Waals surface area contributed by atoms with Gasteiger partial charge in [0.15, 0.2) is 11.6 Å². The second-order valence-electron chi connectivity index (χ2n) is 15.3. The number of fused-ring (bicyclic) bond motifs is 5. The van der Waals surface area contributed by atoms with Crippen molar-refractivity contribution in [1.82, 2.24) is 9.99 Å². The second-order valence-corrected chi connectivity index (χ2v) is 16.1. The van der Waals surface area contributed by atoms with Gasteiger partial charge in [0.1, 0.15) is 5.75 Å². The number of imide groups is 2. The number of nitrogens with zero attached hydrogens (tertiary/aromatic N) is 3. The summed E-state index contributed by atoms with van der Waals surface area (Å²) in [7, 11) is 0. The van der Waals surface area contributed by atoms with Gasteiger partial charge in [-0.1, -0.05) is 77.3 Å². The number of alkyl halides is 3. The molecule has 1 saturated carbocycles. The van der Waals surface area contributed by atoms with E-state index < -0.39 is 75.4 Å². The second kappa shape index (κ2) is 13.8. The summed E-state index contributed by atoms with van der Waals surface area (Å²) in [6.07, 6.45) is -2.30. The van der Waals surface area contributed by atoms with Gasteiger partial charge in [-0.25, -0.2) is 4.98 Å². The molecule has 3 fully saturated rings. The molecular weight excluding hydrogens is 808 g/mol. The maximum absolute atomic E-state index is 15.5. The fourth-order valence-corrected chi connectivity index (χ4v) is 10.1. The monoisotopic (exact) mass is 838 g/mol. The highest BCUT2D eigenvalue weighted by Gasteiger charge is 2.70. The zero-order valence-corrected chi connectivity index (χ0v) is 32.3. The molecule has 6 unspecified atom stereocenters. The number of phenolic OH excluding ortho intramolecular Hbond substituents is 1. The Hall–Kier alpha value is -6.05. The van der Waals surface area contributed by atoms with Gasteiger partial charge < -0.3 is 5.11 Å². The number of hydrazine groups is 1. The van der Waals surface area contributed by atoms with E-state index in [-0.39, 0.29) is 35.9 Å². The zero-order chi connectivity index (χ0) is 41.7. The number of aromatic nitrogens is 1. The van der Waals surface area contributed by atoms with Crippen LogP contribution in [0.25, 0.3) is 10.8 Å². The first-order chi connectivity index (χ1) is 28.1. The van der Waals surface area contributed by atoms with Gasteiger partial charge in [-0.2, -0.15) is 18.2 Å². The Morgan fingerprint density at radius 2 is 1.58 bits per heavy atom. The van der Waals surface area contributed by atoms with E-state index in [9.17, 15) is 32.7 Å². The molecule has 9 rings (SSSR count). The molecule has 15 heteroatoms. The molecule has 0 spiro atoms. The van der Waals surface area contributed by atoms with Gasteiger partial charge in [-0.3, -0.25) is 34.3 Å². The number of pyridine rings is 1. The van der Waals surface area contributed by atoms with Gasteiger partial charge in [-0.15, -0.1) is 0 Å². The maximum Gasteiger partial charge on any atom is 0.417 e. The van der Waals surface area contributed by atoms with Crippen LogP contribution in [0.15, 0.2) is 109 Å². The van der Waals surface area contributed by atoms with E-state index in [4.69, 9.17) is 23.2 Å². The number of ketones is 1. The zero-order valence-electron chi connectivity index (χ0n) is 30.8. The summed E-state index contributed by atoms with van der Waals surface area (Å²) in [6.45, 7) is 1.41. The number of carbonyl (C=O) groups excluding carboxylic acids is 5. The van der Waals surface area contributed by atoms with Crippen molar-refractivity contribution < 1.29 is 42.3 Å². The summed E-state index contributed by atoms with van der Waals surface area (Å²) >= 11 is 12.7. The Morgan fingerprint density at radius 1 is 0.881 bits per heavy atom. The fourth-order valence-electron chi connectivity index (χ4n) is 9.79. The summed E-state index contributed by atoms with van der Waals surface area (Å²) in [6, 6.07) is 23.5. The molecule has 6 atom stereocenters. The molecule has 2 saturated heterocycles. The van der Waals surface area contributed by atoms with Crippen LogP contribution in [0.3, 0.4) is 0 Å². The van der Waals surface area contributed by atoms with E-state index in [0.29, 0.717) is 50.3 Å². The minimum Gasteiger partial charge on any atom is -0.507 e. The third kappa shape index (κ3) is 5.76. The van der Waals surface area contributed by atoms with Gasteiger partial charge >= 0.3 is 6.18 Å². The lowest BCUT2D eigenvalue weighted by Crippen LogP contribution is -2.53. The summed E-state index contributed by atoms with van der Waals surface area (Å²) < 4.78 is 40.7. The number of carbonyl (C=O) groups is 5. The van der Waals surface area contributed by atoms with Gasteiger partial charge in [-0.05, 0) is 90.7 Å². The third-order valence-electron chi connectivity index (χ3n) is 12.3. The highest BCUT2D eigenvalue weighted by molar-refractivity contribution is 6.33. The Morgan fingerprint density at radius 3 is 2.24 bits per heavy atom. The molecular formula is C44H31Cl2F3N4O6. The van der Waals surface area contributed by atoms with Crippen molar-refractivity contribution in [3.8, 4) is 5.75 Å². The van der Waals surface area contributed by atoms with Crippen LogP contribution >= 0.6 is 23.2 Å². The van der Waals surface area contributed by atoms with Crippen molar-refractivity contribution in [1.29, 1.82) is 0 Å². The molecule has 5 aromatic rings. The van der Waals surface area contributed by atoms with Crippen molar-refractivity contribution in [2.24, 2.45) is 23.7 Å². The molecule has 298 valence electrons. The van der Waals surface area contributed by atoms with E-state index in [0.717, 1.165) is 9.91 Å². The van der Waals surface area contributed by atoms with Crippen LogP contribution in [0.5, 0.6) is 5.75 Å². The Labute approximate surface area is 344 Å². The van der Waals surface area contributed by atoms with Crippen LogP contribution in [0.4, 0.5) is 24.7 Å². The van der Waals surface area contributed by atoms with E-state index >= 15 is 9.59 Å². The minimum atomic E-state index is -4.77. The highest BCUT2D eigenvalue weighted by Crippen LogP contribution is 2.65. The number of aromatic hydroxyl groups is 1. The van der Waals surface area contributed by atoms with Crippen molar-refractivity contribution in [3.63, 3.8) is 0 Å². The Bertz CT molecular complexity index is 2690. The number of hydrogen-bond donors (Lipinski definition) is 2. The number of hydrogen-bond acceptors (Lipinski definition) is 8. The average Bonchev–Trinajstić information content (AvgIpc) is 3.59. The van der Waals surface area contributed by atoms with Crippen molar-refractivity contribution in [3.05, 3.63) is 141 Å². The largest absolute Gasteiger partial charge is 0.507 e. The number of phenols is 1. The number of rotatable bonds is 6. The number of benzene rings is 4. The lowest BCUT2D eigenvalue weighted by atomic mass is 9.49. The van der Waals surface area contributed by atoms with E-state index in [1.165, 1.54) is 13.0 Å². The van der Waals surface area contributed by atoms with Crippen LogP contribution in [0.1, 0.15) is 52.7 Å². The quantitative estimate of drug-likeness (QED) is 0.0986. The number of anilines is 2. The van der Waals surface area contributed by atoms with Crippen molar-refractivity contribution in [2.45, 2.75) is 37.3 Å². The lowest BCUT2D eigenvalue weighted by Gasteiger charge is -2.51. The lowest BCUT2D eigenvalue weighted by molar-refractivity contribution is -0.139. The molecule has 3 heterocycles. The van der Waals surface area contributed by atoms with E-state index in [2.05, 4.69) is 10.4 Å². The van der Waals surface area contributed by atoms with Crippen LogP contribution in [0.2, 0.25) is 10.0 Å². The van der Waals surface area contributed by atoms with Gasteiger partial charge in [0.2, 0.25) is 11.8 Å². The molecule has 4 amide bonds. The van der Waals surface area contributed by atoms with Gasteiger partial charge in [0.05, 0.1) is 39.4 Å². The fraction of sp³-hybridized carbons (Fsp3) is 0.227. The van der Waals surface area contributed by atoms with E-state index in [1.54, 1.807) is 78.9 Å². The molecule has 2 aliphatic heterocycles. The number of amides is 4. The molecule has 59 heavy (non-hydrogen) atoms. The topological polar surface area (TPSA) is 137 Å². The molecule has 10 nitrogen and oxygen atoms in total. The smallest absolute Gasteiger partial charge is 0.417 e. The van der Waals surface area contributed by atoms with Crippen LogP contribution in [-0.4, -0.2) is 44.5 Å².